The number of carboxylic acids is 1. The topological polar surface area (TPSA) is 84.9 Å². The SMILES string of the molecule is CCOc1ccc(CC(CNC(=O)C2=Cc3ccccc3OC2)C(=O)O)cc1. The van der Waals surface area contributed by atoms with E-state index in [4.69, 9.17) is 9.47 Å². The van der Waals surface area contributed by atoms with Crippen LogP contribution in [0.4, 0.5) is 0 Å². The summed E-state index contributed by atoms with van der Waals surface area (Å²) in [5, 5.41) is 12.2. The number of fused-ring (bicyclic) bond motifs is 1. The van der Waals surface area contributed by atoms with Crippen LogP contribution in [0.15, 0.2) is 54.1 Å². The third-order valence-corrected chi connectivity index (χ3v) is 4.50. The predicted octanol–water partition coefficient (Wildman–Crippen LogP) is 2.92. The number of carbonyl (C=O) groups excluding carboxylic acids is 1. The Morgan fingerprint density at radius 3 is 2.64 bits per heavy atom. The van der Waals surface area contributed by atoms with Gasteiger partial charge >= 0.3 is 5.97 Å². The summed E-state index contributed by atoms with van der Waals surface area (Å²) < 4.78 is 11.0. The summed E-state index contributed by atoms with van der Waals surface area (Å²) in [5.74, 6) is -0.506. The smallest absolute Gasteiger partial charge is 0.308 e. The number of benzene rings is 2. The first-order chi connectivity index (χ1) is 13.6. The average molecular weight is 381 g/mol. The first-order valence-electron chi connectivity index (χ1n) is 9.22. The van der Waals surface area contributed by atoms with Gasteiger partial charge in [0.2, 0.25) is 0 Å². The van der Waals surface area contributed by atoms with E-state index in [1.54, 1.807) is 6.08 Å². The molecule has 1 atom stereocenters. The first kappa shape index (κ1) is 19.5. The second kappa shape index (κ2) is 9.08. The lowest BCUT2D eigenvalue weighted by molar-refractivity contribution is -0.141. The highest BCUT2D eigenvalue weighted by atomic mass is 16.5. The molecule has 1 aliphatic heterocycles. The fourth-order valence-electron chi connectivity index (χ4n) is 3.00. The van der Waals surface area contributed by atoms with Gasteiger partial charge in [0.25, 0.3) is 5.91 Å². The highest BCUT2D eigenvalue weighted by Crippen LogP contribution is 2.25. The molecule has 2 aromatic rings. The number of hydrogen-bond donors (Lipinski definition) is 2. The summed E-state index contributed by atoms with van der Waals surface area (Å²) >= 11 is 0. The number of nitrogens with one attached hydrogen (secondary N) is 1. The third-order valence-electron chi connectivity index (χ3n) is 4.50. The van der Waals surface area contributed by atoms with Gasteiger partial charge in [-0.3, -0.25) is 9.59 Å². The number of aliphatic carboxylic acids is 1. The zero-order valence-electron chi connectivity index (χ0n) is 15.7. The Bertz CT molecular complexity index is 873. The standard InChI is InChI=1S/C22H23NO5/c1-2-27-19-9-7-15(8-10-19)11-17(22(25)26)13-23-21(24)18-12-16-5-3-4-6-20(16)28-14-18/h3-10,12,17H,2,11,13-14H2,1H3,(H,23,24)(H,25,26). The molecule has 0 radical (unpaired) electrons. The van der Waals surface area contributed by atoms with Crippen molar-refractivity contribution in [1.82, 2.24) is 5.32 Å². The zero-order chi connectivity index (χ0) is 19.9. The van der Waals surface area contributed by atoms with Crippen LogP contribution in [0.1, 0.15) is 18.1 Å². The first-order valence-corrected chi connectivity index (χ1v) is 9.22. The van der Waals surface area contributed by atoms with E-state index in [1.807, 2.05) is 55.5 Å². The summed E-state index contributed by atoms with van der Waals surface area (Å²) in [6.45, 7) is 2.69. The maximum atomic E-state index is 12.4. The summed E-state index contributed by atoms with van der Waals surface area (Å²) in [5.41, 5.74) is 2.19. The number of carbonyl (C=O) groups is 2. The molecule has 0 bridgehead atoms. The number of para-hydroxylation sites is 1. The minimum Gasteiger partial charge on any atom is -0.494 e. The third kappa shape index (κ3) is 4.91. The molecule has 1 unspecified atom stereocenters. The molecule has 1 aliphatic rings. The quantitative estimate of drug-likeness (QED) is 0.734. The summed E-state index contributed by atoms with van der Waals surface area (Å²) in [6, 6.07) is 14.8. The van der Waals surface area contributed by atoms with Crippen LogP contribution in [0, 0.1) is 5.92 Å². The fraction of sp³-hybridized carbons (Fsp3) is 0.273. The second-order valence-corrected chi connectivity index (χ2v) is 6.52. The molecule has 2 aromatic carbocycles. The van der Waals surface area contributed by atoms with Crippen molar-refractivity contribution >= 4 is 18.0 Å². The Morgan fingerprint density at radius 2 is 1.93 bits per heavy atom. The molecule has 0 aliphatic carbocycles. The molecule has 0 aromatic heterocycles. The molecule has 146 valence electrons. The van der Waals surface area contributed by atoms with Gasteiger partial charge in [0.15, 0.2) is 0 Å². The van der Waals surface area contributed by atoms with Crippen molar-refractivity contribution in [3.05, 3.63) is 65.2 Å². The van der Waals surface area contributed by atoms with Crippen LogP contribution < -0.4 is 14.8 Å². The molecule has 0 fully saturated rings. The Kier molecular flexibility index (Phi) is 6.32. The summed E-state index contributed by atoms with van der Waals surface area (Å²) in [7, 11) is 0. The van der Waals surface area contributed by atoms with Crippen LogP contribution >= 0.6 is 0 Å². The molecule has 0 spiro atoms. The van der Waals surface area contributed by atoms with Crippen molar-refractivity contribution in [2.45, 2.75) is 13.3 Å². The van der Waals surface area contributed by atoms with Crippen LogP contribution in [0.2, 0.25) is 0 Å². The van der Waals surface area contributed by atoms with E-state index >= 15 is 0 Å². The van der Waals surface area contributed by atoms with Gasteiger partial charge < -0.3 is 19.9 Å². The van der Waals surface area contributed by atoms with Crippen molar-refractivity contribution in [3.8, 4) is 11.5 Å². The monoisotopic (exact) mass is 381 g/mol. The normalized spacial score (nSPS) is 13.5. The molecule has 0 saturated heterocycles. The highest BCUT2D eigenvalue weighted by molar-refractivity contribution is 5.99. The lowest BCUT2D eigenvalue weighted by Crippen LogP contribution is -2.36. The van der Waals surface area contributed by atoms with Gasteiger partial charge in [-0.05, 0) is 43.2 Å². The molecule has 0 saturated carbocycles. The van der Waals surface area contributed by atoms with Crippen LogP contribution in [0.25, 0.3) is 6.08 Å². The van der Waals surface area contributed by atoms with Crippen molar-refractivity contribution < 1.29 is 24.2 Å². The van der Waals surface area contributed by atoms with Gasteiger partial charge in [0, 0.05) is 12.1 Å². The van der Waals surface area contributed by atoms with E-state index in [2.05, 4.69) is 5.32 Å². The van der Waals surface area contributed by atoms with Crippen molar-refractivity contribution in [3.63, 3.8) is 0 Å². The van der Waals surface area contributed by atoms with Gasteiger partial charge in [0.1, 0.15) is 18.1 Å². The number of rotatable bonds is 8. The van der Waals surface area contributed by atoms with Gasteiger partial charge in [-0.15, -0.1) is 0 Å². The second-order valence-electron chi connectivity index (χ2n) is 6.52. The molecular weight excluding hydrogens is 358 g/mol. The van der Waals surface area contributed by atoms with Crippen molar-refractivity contribution in [2.24, 2.45) is 5.92 Å². The minimum atomic E-state index is -0.951. The average Bonchev–Trinajstić information content (AvgIpc) is 2.71. The van der Waals surface area contributed by atoms with Gasteiger partial charge in [-0.1, -0.05) is 30.3 Å². The molecule has 2 N–H and O–H groups in total. The van der Waals surface area contributed by atoms with Gasteiger partial charge in [-0.2, -0.15) is 0 Å². The number of ether oxygens (including phenoxy) is 2. The largest absolute Gasteiger partial charge is 0.494 e. The lowest BCUT2D eigenvalue weighted by atomic mass is 9.99. The van der Waals surface area contributed by atoms with E-state index in [1.165, 1.54) is 0 Å². The van der Waals surface area contributed by atoms with E-state index in [-0.39, 0.29) is 19.1 Å². The highest BCUT2D eigenvalue weighted by Gasteiger charge is 2.22. The Balaban J connectivity index is 1.60. The maximum Gasteiger partial charge on any atom is 0.308 e. The fourth-order valence-corrected chi connectivity index (χ4v) is 3.00. The number of carboxylic acid groups (broad SMARTS) is 1. The van der Waals surface area contributed by atoms with E-state index in [0.29, 0.717) is 18.6 Å². The zero-order valence-corrected chi connectivity index (χ0v) is 15.7. The molecule has 3 rings (SSSR count). The molecule has 1 heterocycles. The summed E-state index contributed by atoms with van der Waals surface area (Å²) in [4.78, 5) is 24.0. The van der Waals surface area contributed by atoms with Crippen LogP contribution in [0.3, 0.4) is 0 Å². The molecule has 28 heavy (non-hydrogen) atoms. The van der Waals surface area contributed by atoms with Gasteiger partial charge in [0.05, 0.1) is 18.1 Å². The maximum absolute atomic E-state index is 12.4. The van der Waals surface area contributed by atoms with E-state index in [9.17, 15) is 14.7 Å². The molecule has 1 amide bonds. The van der Waals surface area contributed by atoms with Crippen molar-refractivity contribution in [1.29, 1.82) is 0 Å². The lowest BCUT2D eigenvalue weighted by Gasteiger charge is -2.19. The predicted molar refractivity (Wildman–Crippen MR) is 105 cm³/mol. The minimum absolute atomic E-state index is 0.0420. The van der Waals surface area contributed by atoms with E-state index in [0.717, 1.165) is 22.6 Å². The van der Waals surface area contributed by atoms with Crippen LogP contribution in [0.5, 0.6) is 11.5 Å². The van der Waals surface area contributed by atoms with Gasteiger partial charge in [-0.25, -0.2) is 0 Å². The molecular formula is C22H23NO5. The van der Waals surface area contributed by atoms with Crippen LogP contribution in [-0.4, -0.2) is 36.7 Å². The van der Waals surface area contributed by atoms with Crippen LogP contribution in [-0.2, 0) is 16.0 Å². The Morgan fingerprint density at radius 1 is 1.18 bits per heavy atom. The van der Waals surface area contributed by atoms with E-state index < -0.39 is 11.9 Å². The number of amides is 1. The molecule has 6 nitrogen and oxygen atoms in total. The summed E-state index contributed by atoms with van der Waals surface area (Å²) in [6.07, 6.45) is 2.09. The van der Waals surface area contributed by atoms with Crippen molar-refractivity contribution in [2.75, 3.05) is 19.8 Å². The number of hydrogen-bond acceptors (Lipinski definition) is 4. The Hall–Kier alpha value is -3.28. The Labute approximate surface area is 163 Å². The molecule has 6 heteroatoms.